The predicted octanol–water partition coefficient (Wildman–Crippen LogP) is 7.29. The van der Waals surface area contributed by atoms with Gasteiger partial charge in [-0.1, -0.05) is 70.9 Å². The molecule has 190 valence electrons. The number of aromatic nitrogens is 2. The van der Waals surface area contributed by atoms with E-state index >= 15 is 0 Å². The van der Waals surface area contributed by atoms with Crippen molar-refractivity contribution < 1.29 is 9.68 Å². The monoisotopic (exact) mass is 614 g/mol. The van der Waals surface area contributed by atoms with Crippen molar-refractivity contribution in [3.8, 4) is 0 Å². The van der Waals surface area contributed by atoms with Crippen molar-refractivity contribution in [2.45, 2.75) is 20.8 Å². The normalized spacial score (nSPS) is 9.92. The van der Waals surface area contributed by atoms with Gasteiger partial charge in [-0.15, -0.1) is 0 Å². The second-order valence-corrected chi connectivity index (χ2v) is 8.96. The number of hydrogen-bond donors (Lipinski definition) is 1. The maximum atomic E-state index is 4.91. The summed E-state index contributed by atoms with van der Waals surface area (Å²) < 4.78 is 1.96. The first-order chi connectivity index (χ1) is 17.4. The summed E-state index contributed by atoms with van der Waals surface area (Å²) in [6.45, 7) is 6.56. The topological polar surface area (TPSA) is 82.6 Å². The lowest BCUT2D eigenvalue weighted by Gasteiger charge is -2.06. The molecular formula is C28H32Br2N4O2. The molecule has 0 aliphatic heterocycles. The van der Waals surface area contributed by atoms with E-state index in [1.807, 2.05) is 73.7 Å². The highest BCUT2D eigenvalue weighted by atomic mass is 79.9. The minimum atomic E-state index is 0.597. The van der Waals surface area contributed by atoms with Gasteiger partial charge in [0.25, 0.3) is 0 Å². The lowest BCUT2D eigenvalue weighted by molar-refractivity contribution is 0.152. The number of pyridine rings is 2. The molecule has 4 aromatic rings. The molecule has 4 rings (SSSR count). The molecule has 0 saturated carbocycles. The molecule has 2 aromatic heterocycles. The number of benzene rings is 2. The van der Waals surface area contributed by atoms with Crippen LogP contribution in [0.5, 0.6) is 0 Å². The van der Waals surface area contributed by atoms with Crippen molar-refractivity contribution in [2.75, 3.05) is 13.7 Å². The summed E-state index contributed by atoms with van der Waals surface area (Å²) in [5.41, 5.74) is 5.02. The van der Waals surface area contributed by atoms with Crippen molar-refractivity contribution in [3.05, 3.63) is 129 Å². The van der Waals surface area contributed by atoms with E-state index in [0.717, 1.165) is 25.9 Å². The number of nitrogens with two attached hydrogens (primary N) is 1. The number of aryl methyl sites for hydroxylation is 2. The lowest BCUT2D eigenvalue weighted by Crippen LogP contribution is -2.06. The van der Waals surface area contributed by atoms with Crippen molar-refractivity contribution in [1.82, 2.24) is 9.97 Å². The first-order valence-electron chi connectivity index (χ1n) is 11.1. The van der Waals surface area contributed by atoms with Crippen LogP contribution in [0.15, 0.2) is 112 Å². The molecule has 0 radical (unpaired) electrons. The van der Waals surface area contributed by atoms with Gasteiger partial charge in [-0.25, -0.2) is 5.90 Å². The zero-order valence-electron chi connectivity index (χ0n) is 20.9. The highest BCUT2D eigenvalue weighted by Gasteiger charge is 2.09. The van der Waals surface area contributed by atoms with Crippen LogP contribution >= 0.6 is 31.9 Å². The molecule has 0 aliphatic rings. The minimum Gasteiger partial charge on any atom is -0.399 e. The molecule has 2 heterocycles. The third-order valence-electron chi connectivity index (χ3n) is 4.21. The average molecular weight is 616 g/mol. The fourth-order valence-corrected chi connectivity index (χ4v) is 2.95. The predicted molar refractivity (Wildman–Crippen MR) is 155 cm³/mol. The molecule has 0 bridgehead atoms. The van der Waals surface area contributed by atoms with Crippen LogP contribution in [0.4, 0.5) is 0 Å². The number of rotatable bonds is 4. The van der Waals surface area contributed by atoms with E-state index in [-0.39, 0.29) is 0 Å². The molecule has 2 N–H and O–H groups in total. The van der Waals surface area contributed by atoms with E-state index in [0.29, 0.717) is 6.61 Å². The first kappa shape index (κ1) is 31.1. The van der Waals surface area contributed by atoms with Crippen molar-refractivity contribution in [3.63, 3.8) is 0 Å². The zero-order chi connectivity index (χ0) is 26.6. The summed E-state index contributed by atoms with van der Waals surface area (Å²) in [7, 11) is 1.53. The van der Waals surface area contributed by atoms with Crippen LogP contribution in [0.3, 0.4) is 0 Å². The summed E-state index contributed by atoms with van der Waals surface area (Å²) in [6, 6.07) is 26.0. The molecule has 2 aromatic carbocycles. The van der Waals surface area contributed by atoms with Crippen LogP contribution < -0.4 is 5.90 Å². The maximum absolute atomic E-state index is 4.91. The van der Waals surface area contributed by atoms with Gasteiger partial charge in [0.05, 0.1) is 12.3 Å². The van der Waals surface area contributed by atoms with Crippen molar-refractivity contribution in [1.29, 1.82) is 0 Å². The molecule has 8 heteroatoms. The Hall–Kier alpha value is -2.91. The highest BCUT2D eigenvalue weighted by Crippen LogP contribution is 2.13. The van der Waals surface area contributed by atoms with E-state index < -0.39 is 0 Å². The Bertz CT molecular complexity index is 1020. The fourth-order valence-electron chi connectivity index (χ4n) is 2.44. The average Bonchev–Trinajstić information content (AvgIpc) is 2.90. The van der Waals surface area contributed by atoms with Gasteiger partial charge in [-0.2, -0.15) is 0 Å². The van der Waals surface area contributed by atoms with Crippen LogP contribution in [0, 0.1) is 13.8 Å². The fraction of sp³-hybridized carbons (Fsp3) is 0.179. The SMILES string of the molecule is Brc1cccnc1.CCON.CO/N=C(/c1ccc(C)cc1)c1ccc(Br)cn1.Cc1ccccc1. The van der Waals surface area contributed by atoms with Crippen LogP contribution in [0.25, 0.3) is 0 Å². The number of halogens is 2. The minimum absolute atomic E-state index is 0.597. The standard InChI is InChI=1S/C14H13BrN2O.C7H8.C5H4BrN.C2H7NO/c1-10-3-5-11(6-4-10)14(17-18-2)13-8-7-12(15)9-16-13;1-7-5-3-2-4-6-7;6-5-2-1-3-7-4-5;1-2-4-3/h3-9H,1-2H3;2-6H,1H3;1-4H;2-3H2,1H3/b17-14-;;;. The second-order valence-electron chi connectivity index (χ2n) is 7.13. The Morgan fingerprint density at radius 3 is 1.83 bits per heavy atom. The van der Waals surface area contributed by atoms with Crippen LogP contribution in [0.1, 0.15) is 29.3 Å². The van der Waals surface area contributed by atoms with Gasteiger partial charge in [0.1, 0.15) is 12.8 Å². The van der Waals surface area contributed by atoms with Gasteiger partial charge >= 0.3 is 0 Å². The quantitative estimate of drug-likeness (QED) is 0.193. The molecule has 0 amide bonds. The summed E-state index contributed by atoms with van der Waals surface area (Å²) in [5.74, 6) is 4.53. The van der Waals surface area contributed by atoms with E-state index in [1.165, 1.54) is 18.2 Å². The van der Waals surface area contributed by atoms with Crippen molar-refractivity contribution in [2.24, 2.45) is 11.1 Å². The van der Waals surface area contributed by atoms with Crippen LogP contribution in [-0.4, -0.2) is 29.4 Å². The van der Waals surface area contributed by atoms with E-state index in [9.17, 15) is 0 Å². The molecule has 0 saturated heterocycles. The van der Waals surface area contributed by atoms with Gasteiger partial charge in [-0.05, 0) is 76.9 Å². The Morgan fingerprint density at radius 2 is 1.44 bits per heavy atom. The largest absolute Gasteiger partial charge is 0.399 e. The van der Waals surface area contributed by atoms with Gasteiger partial charge < -0.3 is 9.68 Å². The Kier molecular flexibility index (Phi) is 16.7. The summed E-state index contributed by atoms with van der Waals surface area (Å²) >= 11 is 6.61. The van der Waals surface area contributed by atoms with E-state index in [4.69, 9.17) is 4.84 Å². The van der Waals surface area contributed by atoms with Crippen LogP contribution in [-0.2, 0) is 9.68 Å². The van der Waals surface area contributed by atoms with E-state index in [2.05, 4.69) is 83.7 Å². The summed E-state index contributed by atoms with van der Waals surface area (Å²) in [6.07, 6.45) is 5.24. The first-order valence-corrected chi connectivity index (χ1v) is 12.7. The Morgan fingerprint density at radius 1 is 0.833 bits per heavy atom. The molecule has 6 nitrogen and oxygen atoms in total. The smallest absolute Gasteiger partial charge is 0.135 e. The van der Waals surface area contributed by atoms with Crippen LogP contribution in [0.2, 0.25) is 0 Å². The molecule has 0 unspecified atom stereocenters. The molecule has 0 spiro atoms. The van der Waals surface area contributed by atoms with Crippen molar-refractivity contribution >= 4 is 37.6 Å². The summed E-state index contributed by atoms with van der Waals surface area (Å²) in [5, 5.41) is 4.06. The van der Waals surface area contributed by atoms with E-state index in [1.54, 1.807) is 18.6 Å². The van der Waals surface area contributed by atoms with Gasteiger partial charge in [0, 0.05) is 33.1 Å². The van der Waals surface area contributed by atoms with Gasteiger partial charge in [0.15, 0.2) is 0 Å². The third kappa shape index (κ3) is 13.8. The lowest BCUT2D eigenvalue weighted by atomic mass is 10.1. The zero-order valence-corrected chi connectivity index (χ0v) is 24.1. The second kappa shape index (κ2) is 19.3. The molecule has 0 atom stereocenters. The molecule has 0 fully saturated rings. The molecule has 0 aliphatic carbocycles. The maximum Gasteiger partial charge on any atom is 0.135 e. The number of oxime groups is 1. The highest BCUT2D eigenvalue weighted by molar-refractivity contribution is 9.10. The molecular weight excluding hydrogens is 584 g/mol. The Balaban J connectivity index is 0.000000294. The molecule has 36 heavy (non-hydrogen) atoms. The number of hydrogen-bond acceptors (Lipinski definition) is 6. The van der Waals surface area contributed by atoms with Gasteiger partial charge in [0.2, 0.25) is 0 Å². The number of nitrogens with zero attached hydrogens (tertiary/aromatic N) is 3. The third-order valence-corrected chi connectivity index (χ3v) is 5.15. The summed E-state index contributed by atoms with van der Waals surface area (Å²) in [4.78, 5) is 17.1. The van der Waals surface area contributed by atoms with Gasteiger partial charge in [-0.3, -0.25) is 9.97 Å². The Labute approximate surface area is 230 Å².